The molecule has 0 saturated heterocycles. The Morgan fingerprint density at radius 3 is 2.81 bits per heavy atom. The van der Waals surface area contributed by atoms with Gasteiger partial charge in [-0.25, -0.2) is 9.37 Å². The number of halogens is 3. The van der Waals surface area contributed by atoms with Crippen molar-refractivity contribution in [2.75, 3.05) is 5.32 Å². The second-order valence-electron chi connectivity index (χ2n) is 6.28. The molecule has 0 bridgehead atoms. The molecule has 1 N–H and O–H groups in total. The van der Waals surface area contributed by atoms with Crippen LogP contribution in [0.1, 0.15) is 24.8 Å². The number of nitrogens with one attached hydrogen (secondary N) is 1. The van der Waals surface area contributed by atoms with Crippen LogP contribution < -0.4 is 5.32 Å². The van der Waals surface area contributed by atoms with E-state index in [1.807, 2.05) is 18.2 Å². The molecule has 3 rings (SSSR count). The number of anilines is 1. The number of aromatic nitrogens is 1. The summed E-state index contributed by atoms with van der Waals surface area (Å²) in [7, 11) is 0. The second-order valence-corrected chi connectivity index (χ2v) is 7.99. The molecule has 1 aromatic carbocycles. The molecule has 1 aliphatic carbocycles. The molecule has 0 radical (unpaired) electrons. The zero-order valence-electron chi connectivity index (χ0n) is 14.0. The fourth-order valence-corrected chi connectivity index (χ4v) is 3.33. The molecule has 1 amide bonds. The molecular weight excluding hydrogens is 463 g/mol. The van der Waals surface area contributed by atoms with Gasteiger partial charge in [-0.1, -0.05) is 18.2 Å². The standard InChI is InChI=1S/C20H17Br2FN2O/c1-13(10-19(26)25-18-4-2-3-9-24-18)7-8-20(23)12-15(20)14-5-6-16(21)17(22)11-14/h2-11,15H,12H2,1H3,(H,24,25,26)/b8-7+,13-10+. The van der Waals surface area contributed by atoms with Gasteiger partial charge >= 0.3 is 0 Å². The number of amides is 1. The number of alkyl halides is 1. The maximum atomic E-state index is 14.9. The molecule has 3 nitrogen and oxygen atoms in total. The van der Waals surface area contributed by atoms with Crippen molar-refractivity contribution in [1.29, 1.82) is 0 Å². The van der Waals surface area contributed by atoms with Crippen molar-refractivity contribution in [1.82, 2.24) is 4.98 Å². The smallest absolute Gasteiger partial charge is 0.249 e. The highest BCUT2D eigenvalue weighted by atomic mass is 79.9. The van der Waals surface area contributed by atoms with Gasteiger partial charge in [-0.15, -0.1) is 0 Å². The summed E-state index contributed by atoms with van der Waals surface area (Å²) in [6.07, 6.45) is 6.69. The highest BCUT2D eigenvalue weighted by Gasteiger charge is 2.54. The van der Waals surface area contributed by atoms with Crippen LogP contribution in [-0.4, -0.2) is 16.6 Å². The summed E-state index contributed by atoms with van der Waals surface area (Å²) in [5.74, 6) is 0.0387. The number of hydrogen-bond acceptors (Lipinski definition) is 2. The zero-order chi connectivity index (χ0) is 18.7. The Morgan fingerprint density at radius 1 is 1.31 bits per heavy atom. The molecule has 2 atom stereocenters. The van der Waals surface area contributed by atoms with Gasteiger partial charge in [-0.3, -0.25) is 4.79 Å². The zero-order valence-corrected chi connectivity index (χ0v) is 17.2. The van der Waals surface area contributed by atoms with Gasteiger partial charge in [0.1, 0.15) is 11.5 Å². The summed E-state index contributed by atoms with van der Waals surface area (Å²) in [5, 5.41) is 2.67. The van der Waals surface area contributed by atoms with E-state index in [1.165, 1.54) is 6.08 Å². The quantitative estimate of drug-likeness (QED) is 0.425. The SMILES string of the molecule is CC(/C=C/C1(F)CC1c1ccc(Br)c(Br)c1)=C\C(=O)Nc1ccccn1. The van der Waals surface area contributed by atoms with Crippen molar-refractivity contribution in [2.24, 2.45) is 0 Å². The van der Waals surface area contributed by atoms with Crippen LogP contribution in [0, 0.1) is 0 Å². The minimum Gasteiger partial charge on any atom is -0.307 e. The molecule has 1 aromatic heterocycles. The molecular formula is C20H17Br2FN2O. The van der Waals surface area contributed by atoms with Crippen LogP contribution in [-0.2, 0) is 4.79 Å². The number of hydrogen-bond donors (Lipinski definition) is 1. The Bertz CT molecular complexity index is 883. The minimum absolute atomic E-state index is 0.154. The lowest BCUT2D eigenvalue weighted by Crippen LogP contribution is -2.09. The van der Waals surface area contributed by atoms with Gasteiger partial charge in [0.2, 0.25) is 5.91 Å². The first-order chi connectivity index (χ1) is 12.4. The summed E-state index contributed by atoms with van der Waals surface area (Å²) in [4.78, 5) is 16.0. The fraction of sp³-hybridized carbons (Fsp3) is 0.200. The van der Waals surface area contributed by atoms with Gasteiger partial charge in [-0.2, -0.15) is 0 Å². The average molecular weight is 480 g/mol. The first-order valence-corrected chi connectivity index (χ1v) is 9.69. The van der Waals surface area contributed by atoms with Crippen LogP contribution in [0.3, 0.4) is 0 Å². The molecule has 134 valence electrons. The lowest BCUT2D eigenvalue weighted by Gasteiger charge is -2.05. The lowest BCUT2D eigenvalue weighted by molar-refractivity contribution is -0.112. The summed E-state index contributed by atoms with van der Waals surface area (Å²) in [5.41, 5.74) is 0.277. The lowest BCUT2D eigenvalue weighted by atomic mass is 10.1. The molecule has 1 saturated carbocycles. The van der Waals surface area contributed by atoms with Gasteiger partial charge < -0.3 is 5.32 Å². The molecule has 6 heteroatoms. The monoisotopic (exact) mass is 478 g/mol. The molecule has 0 spiro atoms. The van der Waals surface area contributed by atoms with Crippen LogP contribution >= 0.6 is 31.9 Å². The van der Waals surface area contributed by atoms with Crippen molar-refractivity contribution in [3.05, 3.63) is 80.9 Å². The van der Waals surface area contributed by atoms with Crippen molar-refractivity contribution in [3.63, 3.8) is 0 Å². The maximum absolute atomic E-state index is 14.9. The van der Waals surface area contributed by atoms with Crippen molar-refractivity contribution in [3.8, 4) is 0 Å². The first kappa shape index (κ1) is 19.0. The van der Waals surface area contributed by atoms with E-state index >= 15 is 0 Å². The number of rotatable bonds is 5. The van der Waals surface area contributed by atoms with Crippen LogP contribution in [0.2, 0.25) is 0 Å². The molecule has 1 heterocycles. The van der Waals surface area contributed by atoms with Crippen LogP contribution in [0.5, 0.6) is 0 Å². The Morgan fingerprint density at radius 2 is 2.12 bits per heavy atom. The van der Waals surface area contributed by atoms with Crippen molar-refractivity contribution in [2.45, 2.75) is 24.9 Å². The van der Waals surface area contributed by atoms with E-state index in [-0.39, 0.29) is 11.8 Å². The van der Waals surface area contributed by atoms with E-state index in [2.05, 4.69) is 42.2 Å². The normalized spacial score (nSPS) is 22.5. The van der Waals surface area contributed by atoms with Gasteiger partial charge in [0.25, 0.3) is 0 Å². The second kappa shape index (κ2) is 7.84. The largest absolute Gasteiger partial charge is 0.307 e. The van der Waals surface area contributed by atoms with Gasteiger partial charge in [0, 0.05) is 27.1 Å². The number of benzene rings is 1. The van der Waals surface area contributed by atoms with E-state index in [0.29, 0.717) is 17.8 Å². The van der Waals surface area contributed by atoms with E-state index in [9.17, 15) is 9.18 Å². The predicted molar refractivity (Wildman–Crippen MR) is 109 cm³/mol. The highest BCUT2D eigenvalue weighted by molar-refractivity contribution is 9.13. The fourth-order valence-electron chi connectivity index (χ4n) is 2.69. The summed E-state index contributed by atoms with van der Waals surface area (Å²) in [6, 6.07) is 11.0. The van der Waals surface area contributed by atoms with Crippen LogP contribution in [0.25, 0.3) is 0 Å². The third-order valence-electron chi connectivity index (χ3n) is 4.18. The third-order valence-corrected chi connectivity index (χ3v) is 6.06. The topological polar surface area (TPSA) is 42.0 Å². The molecule has 1 fully saturated rings. The number of carbonyl (C=O) groups is 1. The third kappa shape index (κ3) is 4.68. The maximum Gasteiger partial charge on any atom is 0.249 e. The Kier molecular flexibility index (Phi) is 5.73. The molecule has 26 heavy (non-hydrogen) atoms. The van der Waals surface area contributed by atoms with E-state index < -0.39 is 5.67 Å². The van der Waals surface area contributed by atoms with E-state index in [1.54, 1.807) is 43.5 Å². The molecule has 2 unspecified atom stereocenters. The number of allylic oxidation sites excluding steroid dienone is 3. The van der Waals surface area contributed by atoms with Crippen molar-refractivity contribution < 1.29 is 9.18 Å². The van der Waals surface area contributed by atoms with Crippen LogP contribution in [0.4, 0.5) is 10.2 Å². The molecule has 0 aliphatic heterocycles. The first-order valence-electron chi connectivity index (χ1n) is 8.11. The van der Waals surface area contributed by atoms with Gasteiger partial charge in [0.05, 0.1) is 0 Å². The van der Waals surface area contributed by atoms with Gasteiger partial charge in [-0.05, 0) is 86.7 Å². The number of nitrogens with zero attached hydrogens (tertiary/aromatic N) is 1. The summed E-state index contributed by atoms with van der Waals surface area (Å²) >= 11 is 6.87. The van der Waals surface area contributed by atoms with E-state index in [4.69, 9.17) is 0 Å². The Hall–Kier alpha value is -1.79. The average Bonchev–Trinajstić information content (AvgIpc) is 3.28. The summed E-state index contributed by atoms with van der Waals surface area (Å²) in [6.45, 7) is 1.77. The Labute approximate surface area is 168 Å². The molecule has 2 aromatic rings. The van der Waals surface area contributed by atoms with Crippen molar-refractivity contribution >= 4 is 43.6 Å². The summed E-state index contributed by atoms with van der Waals surface area (Å²) < 4.78 is 16.7. The minimum atomic E-state index is -1.36. The number of pyridine rings is 1. The number of carbonyl (C=O) groups excluding carboxylic acids is 1. The van der Waals surface area contributed by atoms with E-state index in [0.717, 1.165) is 14.5 Å². The molecule has 1 aliphatic rings. The highest BCUT2D eigenvalue weighted by Crippen LogP contribution is 2.56. The predicted octanol–water partition coefficient (Wildman–Crippen LogP) is 5.94. The van der Waals surface area contributed by atoms with Crippen LogP contribution in [0.15, 0.2) is 75.3 Å². The Balaban J connectivity index is 1.62. The van der Waals surface area contributed by atoms with Gasteiger partial charge in [0.15, 0.2) is 0 Å².